The highest BCUT2D eigenvalue weighted by molar-refractivity contribution is 5.71. The van der Waals surface area contributed by atoms with Crippen LogP contribution >= 0.6 is 0 Å². The van der Waals surface area contributed by atoms with E-state index in [4.69, 9.17) is 9.47 Å². The fourth-order valence-electron chi connectivity index (χ4n) is 3.59. The third-order valence-corrected chi connectivity index (χ3v) is 4.92. The maximum Gasteiger partial charge on any atom is 0.415 e. The molecule has 0 aliphatic carbocycles. The molecule has 1 heterocycles. The van der Waals surface area contributed by atoms with Crippen LogP contribution in [0.3, 0.4) is 0 Å². The second-order valence-corrected chi connectivity index (χ2v) is 7.43. The molecule has 0 bridgehead atoms. The number of amides is 1. The quantitative estimate of drug-likeness (QED) is 0.758. The summed E-state index contributed by atoms with van der Waals surface area (Å²) in [6.45, 7) is 6.86. The molecule has 1 saturated heterocycles. The Kier molecular flexibility index (Phi) is 5.62. The first-order chi connectivity index (χ1) is 12.5. The molecule has 2 atom stereocenters. The highest BCUT2D eigenvalue weighted by Crippen LogP contribution is 2.33. The van der Waals surface area contributed by atoms with Gasteiger partial charge in [-0.1, -0.05) is 48.5 Å². The Hall–Kier alpha value is -2.33. The van der Waals surface area contributed by atoms with Gasteiger partial charge >= 0.3 is 6.09 Å². The summed E-state index contributed by atoms with van der Waals surface area (Å²) in [4.78, 5) is 15.0. The molecule has 3 rings (SSSR count). The van der Waals surface area contributed by atoms with E-state index in [9.17, 15) is 4.79 Å². The van der Waals surface area contributed by atoms with E-state index < -0.39 is 0 Å². The summed E-state index contributed by atoms with van der Waals surface area (Å²) in [7, 11) is 0. The molecular formula is C22H27NO3. The monoisotopic (exact) mass is 353 g/mol. The van der Waals surface area contributed by atoms with Crippen molar-refractivity contribution in [1.29, 1.82) is 0 Å². The molecule has 26 heavy (non-hydrogen) atoms. The lowest BCUT2D eigenvalue weighted by molar-refractivity contribution is -0.0830. The average molecular weight is 353 g/mol. The molecule has 0 N–H and O–H groups in total. The van der Waals surface area contributed by atoms with Gasteiger partial charge in [-0.2, -0.15) is 0 Å². The van der Waals surface area contributed by atoms with Crippen LogP contribution in [0, 0.1) is 0 Å². The van der Waals surface area contributed by atoms with E-state index in [1.54, 1.807) is 12.1 Å². The van der Waals surface area contributed by atoms with E-state index in [1.165, 1.54) is 0 Å². The lowest BCUT2D eigenvalue weighted by atomic mass is 9.91. The van der Waals surface area contributed by atoms with Crippen LogP contribution in [0.5, 0.6) is 5.75 Å². The molecule has 1 aliphatic heterocycles. The minimum Gasteiger partial charge on any atom is -0.410 e. The molecule has 138 valence electrons. The van der Waals surface area contributed by atoms with Gasteiger partial charge in [0.2, 0.25) is 0 Å². The number of nitrogens with zero attached hydrogens (tertiary/aromatic N) is 1. The molecule has 0 radical (unpaired) electrons. The predicted molar refractivity (Wildman–Crippen MR) is 102 cm³/mol. The molecule has 0 spiro atoms. The molecule has 2 unspecified atom stereocenters. The van der Waals surface area contributed by atoms with Gasteiger partial charge in [0.1, 0.15) is 5.75 Å². The number of ether oxygens (including phenoxy) is 2. The third kappa shape index (κ3) is 4.44. The Morgan fingerprint density at radius 1 is 1.12 bits per heavy atom. The van der Waals surface area contributed by atoms with Gasteiger partial charge in [0.15, 0.2) is 0 Å². The second kappa shape index (κ2) is 7.92. The van der Waals surface area contributed by atoms with Gasteiger partial charge in [-0.15, -0.1) is 0 Å². The van der Waals surface area contributed by atoms with Crippen LogP contribution in [0.4, 0.5) is 4.79 Å². The normalized spacial score (nSPS) is 20.2. The van der Waals surface area contributed by atoms with Crippen LogP contribution in [0.1, 0.15) is 45.2 Å². The first-order valence-corrected chi connectivity index (χ1v) is 9.20. The zero-order chi connectivity index (χ0) is 18.6. The number of carbonyl (C=O) groups excluding carboxylic acids is 1. The van der Waals surface area contributed by atoms with E-state index in [-0.39, 0.29) is 23.8 Å². The number of para-hydroxylation sites is 1. The number of hydrogen-bond donors (Lipinski definition) is 0. The van der Waals surface area contributed by atoms with Gasteiger partial charge in [0.25, 0.3) is 0 Å². The van der Waals surface area contributed by atoms with Crippen molar-refractivity contribution in [2.75, 3.05) is 6.61 Å². The van der Waals surface area contributed by atoms with Crippen molar-refractivity contribution in [2.45, 2.75) is 51.3 Å². The molecular weight excluding hydrogens is 326 g/mol. The van der Waals surface area contributed by atoms with Crippen LogP contribution in [-0.2, 0) is 4.74 Å². The Labute approximate surface area is 155 Å². The Morgan fingerprint density at radius 2 is 1.73 bits per heavy atom. The summed E-state index contributed by atoms with van der Waals surface area (Å²) >= 11 is 0. The zero-order valence-corrected chi connectivity index (χ0v) is 15.7. The second-order valence-electron chi connectivity index (χ2n) is 7.43. The van der Waals surface area contributed by atoms with Gasteiger partial charge in [0.05, 0.1) is 11.6 Å². The molecule has 0 aromatic heterocycles. The lowest BCUT2D eigenvalue weighted by Crippen LogP contribution is -2.50. The molecule has 4 nitrogen and oxygen atoms in total. The van der Waals surface area contributed by atoms with Crippen LogP contribution in [0.2, 0.25) is 0 Å². The lowest BCUT2D eigenvalue weighted by Gasteiger charge is -2.43. The highest BCUT2D eigenvalue weighted by atomic mass is 16.6. The van der Waals surface area contributed by atoms with E-state index in [0.717, 1.165) is 18.4 Å². The van der Waals surface area contributed by atoms with Gasteiger partial charge in [-0.3, -0.25) is 4.90 Å². The van der Waals surface area contributed by atoms with Crippen molar-refractivity contribution < 1.29 is 14.3 Å². The van der Waals surface area contributed by atoms with Crippen LogP contribution in [0.15, 0.2) is 60.7 Å². The zero-order valence-electron chi connectivity index (χ0n) is 15.7. The van der Waals surface area contributed by atoms with Crippen LogP contribution < -0.4 is 4.74 Å². The van der Waals surface area contributed by atoms with E-state index in [1.807, 2.05) is 41.3 Å². The summed E-state index contributed by atoms with van der Waals surface area (Å²) in [5.41, 5.74) is 0.853. The average Bonchev–Trinajstić information content (AvgIpc) is 2.62. The van der Waals surface area contributed by atoms with Crippen molar-refractivity contribution >= 4 is 6.09 Å². The summed E-state index contributed by atoms with van der Waals surface area (Å²) < 4.78 is 11.5. The largest absolute Gasteiger partial charge is 0.415 e. The van der Waals surface area contributed by atoms with Gasteiger partial charge in [-0.25, -0.2) is 4.79 Å². The van der Waals surface area contributed by atoms with E-state index in [2.05, 4.69) is 32.9 Å². The Morgan fingerprint density at radius 3 is 2.35 bits per heavy atom. The minimum absolute atomic E-state index is 0.0742. The van der Waals surface area contributed by atoms with E-state index in [0.29, 0.717) is 12.4 Å². The SMILES string of the molecule is CC(c1ccccc1)N(C(=O)Oc1ccccc1)C1CCOC(C)(C)C1. The molecule has 1 fully saturated rings. The van der Waals surface area contributed by atoms with Crippen molar-refractivity contribution in [1.82, 2.24) is 4.90 Å². The fraction of sp³-hybridized carbons (Fsp3) is 0.409. The first kappa shape index (κ1) is 18.5. The van der Waals surface area contributed by atoms with Crippen molar-refractivity contribution in [3.63, 3.8) is 0 Å². The van der Waals surface area contributed by atoms with Gasteiger partial charge in [0, 0.05) is 12.6 Å². The number of rotatable bonds is 4. The first-order valence-electron chi connectivity index (χ1n) is 9.20. The maximum absolute atomic E-state index is 13.1. The summed E-state index contributed by atoms with van der Waals surface area (Å²) in [6.07, 6.45) is 1.29. The number of benzene rings is 2. The van der Waals surface area contributed by atoms with Crippen LogP contribution in [0.25, 0.3) is 0 Å². The van der Waals surface area contributed by atoms with E-state index >= 15 is 0 Å². The highest BCUT2D eigenvalue weighted by Gasteiger charge is 2.37. The molecule has 0 saturated carbocycles. The summed E-state index contributed by atoms with van der Waals surface area (Å²) in [5, 5.41) is 0. The summed E-state index contributed by atoms with van der Waals surface area (Å²) in [6, 6.07) is 19.3. The Balaban J connectivity index is 1.86. The number of carbonyl (C=O) groups is 1. The van der Waals surface area contributed by atoms with Gasteiger partial charge < -0.3 is 9.47 Å². The molecule has 2 aromatic carbocycles. The molecule has 1 aliphatic rings. The number of hydrogen-bond acceptors (Lipinski definition) is 3. The Bertz CT molecular complexity index is 715. The summed E-state index contributed by atoms with van der Waals surface area (Å²) in [5.74, 6) is 0.564. The van der Waals surface area contributed by atoms with Crippen LogP contribution in [-0.4, -0.2) is 29.2 Å². The fourth-order valence-corrected chi connectivity index (χ4v) is 3.59. The van der Waals surface area contributed by atoms with Gasteiger partial charge in [-0.05, 0) is 51.3 Å². The maximum atomic E-state index is 13.1. The molecule has 1 amide bonds. The smallest absolute Gasteiger partial charge is 0.410 e. The topological polar surface area (TPSA) is 38.8 Å². The predicted octanol–water partition coefficient (Wildman–Crippen LogP) is 5.21. The van der Waals surface area contributed by atoms with Crippen molar-refractivity contribution in [2.24, 2.45) is 0 Å². The van der Waals surface area contributed by atoms with Crippen molar-refractivity contribution in [3.05, 3.63) is 66.2 Å². The minimum atomic E-state index is -0.310. The molecule has 4 heteroatoms. The standard InChI is InChI=1S/C22H27NO3/c1-17(18-10-6-4-7-11-18)23(19-14-15-25-22(2,3)16-19)21(24)26-20-12-8-5-9-13-20/h4-13,17,19H,14-16H2,1-3H3. The molecule has 2 aromatic rings. The van der Waals surface area contributed by atoms with Crippen molar-refractivity contribution in [3.8, 4) is 5.75 Å². The third-order valence-electron chi connectivity index (χ3n) is 4.92.